The van der Waals surface area contributed by atoms with Crippen molar-refractivity contribution in [1.82, 2.24) is 0 Å². The molecule has 0 bridgehead atoms. The number of carboxylic acids is 1. The van der Waals surface area contributed by atoms with Gasteiger partial charge in [-0.2, -0.15) is 0 Å². The molecule has 0 aromatic heterocycles. The molecular weight excluding hydrogens is 200 g/mol. The van der Waals surface area contributed by atoms with Gasteiger partial charge in [0.1, 0.15) is 0 Å². The van der Waals surface area contributed by atoms with E-state index in [9.17, 15) is 4.79 Å². The molecule has 84 valence electrons. The number of carboxylic acid groups (broad SMARTS) is 1. The number of benzene rings is 1. The molecule has 1 aliphatic carbocycles. The third kappa shape index (κ3) is 2.51. The first-order valence-corrected chi connectivity index (χ1v) is 5.75. The first-order chi connectivity index (χ1) is 7.77. The number of aliphatic carboxylic acids is 1. The molecule has 2 rings (SSSR count). The Balaban J connectivity index is 2.27. The van der Waals surface area contributed by atoms with E-state index in [0.717, 1.165) is 24.8 Å². The van der Waals surface area contributed by atoms with Gasteiger partial charge in [-0.1, -0.05) is 42.3 Å². The molecule has 1 saturated carbocycles. The van der Waals surface area contributed by atoms with Crippen LogP contribution in [-0.2, 0) is 4.79 Å². The van der Waals surface area contributed by atoms with E-state index < -0.39 is 5.97 Å². The summed E-state index contributed by atoms with van der Waals surface area (Å²) in [5, 5.41) is 8.85. The SMILES string of the molecule is O=C(O)/C=C1\CCCCC1c1ccccc1. The van der Waals surface area contributed by atoms with E-state index in [1.165, 1.54) is 18.1 Å². The van der Waals surface area contributed by atoms with E-state index in [1.807, 2.05) is 18.2 Å². The normalized spacial score (nSPS) is 23.2. The van der Waals surface area contributed by atoms with E-state index in [2.05, 4.69) is 12.1 Å². The van der Waals surface area contributed by atoms with Crippen molar-refractivity contribution in [2.45, 2.75) is 31.6 Å². The molecule has 1 aromatic rings. The molecule has 1 N–H and O–H groups in total. The molecule has 1 unspecified atom stereocenters. The Bertz CT molecular complexity index is 392. The van der Waals surface area contributed by atoms with Gasteiger partial charge in [0.2, 0.25) is 0 Å². The van der Waals surface area contributed by atoms with Crippen LogP contribution < -0.4 is 0 Å². The highest BCUT2D eigenvalue weighted by Crippen LogP contribution is 2.36. The van der Waals surface area contributed by atoms with Crippen molar-refractivity contribution in [2.75, 3.05) is 0 Å². The zero-order chi connectivity index (χ0) is 11.4. The largest absolute Gasteiger partial charge is 0.478 e. The van der Waals surface area contributed by atoms with Crippen LogP contribution in [0.25, 0.3) is 0 Å². The highest BCUT2D eigenvalue weighted by molar-refractivity contribution is 5.81. The molecule has 0 spiro atoms. The smallest absolute Gasteiger partial charge is 0.328 e. The Hall–Kier alpha value is -1.57. The summed E-state index contributed by atoms with van der Waals surface area (Å²) < 4.78 is 0. The summed E-state index contributed by atoms with van der Waals surface area (Å²) in [7, 11) is 0. The zero-order valence-electron chi connectivity index (χ0n) is 9.23. The second-order valence-electron chi connectivity index (χ2n) is 4.27. The zero-order valence-corrected chi connectivity index (χ0v) is 9.23. The average Bonchev–Trinajstić information content (AvgIpc) is 2.30. The maximum atomic E-state index is 10.8. The topological polar surface area (TPSA) is 37.3 Å². The van der Waals surface area contributed by atoms with Crippen LogP contribution in [-0.4, -0.2) is 11.1 Å². The monoisotopic (exact) mass is 216 g/mol. The molecule has 1 aromatic carbocycles. The third-order valence-electron chi connectivity index (χ3n) is 3.17. The van der Waals surface area contributed by atoms with Gasteiger partial charge >= 0.3 is 5.97 Å². The van der Waals surface area contributed by atoms with Crippen molar-refractivity contribution < 1.29 is 9.90 Å². The Morgan fingerprint density at radius 3 is 2.69 bits per heavy atom. The molecule has 16 heavy (non-hydrogen) atoms. The number of hydrogen-bond donors (Lipinski definition) is 1. The lowest BCUT2D eigenvalue weighted by atomic mass is 9.79. The fraction of sp³-hybridized carbons (Fsp3) is 0.357. The predicted molar refractivity (Wildman–Crippen MR) is 63.4 cm³/mol. The minimum Gasteiger partial charge on any atom is -0.478 e. The molecule has 0 heterocycles. The van der Waals surface area contributed by atoms with Crippen LogP contribution in [0, 0.1) is 0 Å². The van der Waals surface area contributed by atoms with Gasteiger partial charge in [0, 0.05) is 12.0 Å². The molecule has 2 heteroatoms. The van der Waals surface area contributed by atoms with Crippen molar-refractivity contribution in [1.29, 1.82) is 0 Å². The first-order valence-electron chi connectivity index (χ1n) is 5.75. The van der Waals surface area contributed by atoms with Crippen LogP contribution in [0.3, 0.4) is 0 Å². The highest BCUT2D eigenvalue weighted by atomic mass is 16.4. The Labute approximate surface area is 95.6 Å². The lowest BCUT2D eigenvalue weighted by molar-refractivity contribution is -0.131. The van der Waals surface area contributed by atoms with Crippen molar-refractivity contribution in [2.24, 2.45) is 0 Å². The molecular formula is C14H16O2. The molecule has 0 aliphatic heterocycles. The van der Waals surface area contributed by atoms with Crippen LogP contribution >= 0.6 is 0 Å². The van der Waals surface area contributed by atoms with E-state index >= 15 is 0 Å². The average molecular weight is 216 g/mol. The predicted octanol–water partition coefficient (Wildman–Crippen LogP) is 3.36. The van der Waals surface area contributed by atoms with E-state index in [4.69, 9.17) is 5.11 Å². The van der Waals surface area contributed by atoms with Gasteiger partial charge in [-0.05, 0) is 24.8 Å². The molecule has 0 amide bonds. The third-order valence-corrected chi connectivity index (χ3v) is 3.17. The summed E-state index contributed by atoms with van der Waals surface area (Å²) in [6, 6.07) is 10.2. The number of allylic oxidation sites excluding steroid dienone is 1. The maximum absolute atomic E-state index is 10.8. The summed E-state index contributed by atoms with van der Waals surface area (Å²) in [5.74, 6) is -0.510. The van der Waals surface area contributed by atoms with Crippen LogP contribution in [0.4, 0.5) is 0 Å². The molecule has 1 fully saturated rings. The Morgan fingerprint density at radius 1 is 1.25 bits per heavy atom. The van der Waals surface area contributed by atoms with Gasteiger partial charge in [-0.15, -0.1) is 0 Å². The Kier molecular flexibility index (Phi) is 3.40. The van der Waals surface area contributed by atoms with Crippen LogP contribution in [0.15, 0.2) is 42.0 Å². The molecule has 1 aliphatic rings. The summed E-state index contributed by atoms with van der Waals surface area (Å²) in [6.07, 6.45) is 5.70. The van der Waals surface area contributed by atoms with Gasteiger partial charge in [0.15, 0.2) is 0 Å². The van der Waals surface area contributed by atoms with E-state index in [1.54, 1.807) is 0 Å². The Morgan fingerprint density at radius 2 is 2.00 bits per heavy atom. The van der Waals surface area contributed by atoms with Crippen LogP contribution in [0.1, 0.15) is 37.2 Å². The van der Waals surface area contributed by atoms with Gasteiger partial charge in [0.05, 0.1) is 0 Å². The minimum absolute atomic E-state index is 0.311. The lowest BCUT2D eigenvalue weighted by Crippen LogP contribution is -2.10. The van der Waals surface area contributed by atoms with Crippen molar-refractivity contribution in [3.8, 4) is 0 Å². The summed E-state index contributed by atoms with van der Waals surface area (Å²) in [4.78, 5) is 10.8. The first kappa shape index (κ1) is 10.9. The number of rotatable bonds is 2. The maximum Gasteiger partial charge on any atom is 0.328 e. The van der Waals surface area contributed by atoms with Crippen molar-refractivity contribution in [3.05, 3.63) is 47.5 Å². The molecule has 2 nitrogen and oxygen atoms in total. The highest BCUT2D eigenvalue weighted by Gasteiger charge is 2.20. The minimum atomic E-state index is -0.821. The fourth-order valence-corrected chi connectivity index (χ4v) is 2.43. The fourth-order valence-electron chi connectivity index (χ4n) is 2.43. The lowest BCUT2D eigenvalue weighted by Gasteiger charge is -2.25. The van der Waals surface area contributed by atoms with Gasteiger partial charge in [-0.3, -0.25) is 0 Å². The van der Waals surface area contributed by atoms with Crippen molar-refractivity contribution >= 4 is 5.97 Å². The van der Waals surface area contributed by atoms with Crippen LogP contribution in [0.5, 0.6) is 0 Å². The van der Waals surface area contributed by atoms with Gasteiger partial charge in [-0.25, -0.2) is 4.79 Å². The second-order valence-corrected chi connectivity index (χ2v) is 4.27. The quantitative estimate of drug-likeness (QED) is 0.770. The van der Waals surface area contributed by atoms with E-state index in [-0.39, 0.29) is 0 Å². The summed E-state index contributed by atoms with van der Waals surface area (Å²) >= 11 is 0. The van der Waals surface area contributed by atoms with Crippen molar-refractivity contribution in [3.63, 3.8) is 0 Å². The van der Waals surface area contributed by atoms with Gasteiger partial charge < -0.3 is 5.11 Å². The van der Waals surface area contributed by atoms with Gasteiger partial charge in [0.25, 0.3) is 0 Å². The number of carbonyl (C=O) groups is 1. The standard InChI is InChI=1S/C14H16O2/c15-14(16)10-12-8-4-5-9-13(12)11-6-2-1-3-7-11/h1-3,6-7,10,13H,4-5,8-9H2,(H,15,16)/b12-10+. The summed E-state index contributed by atoms with van der Waals surface area (Å²) in [5.41, 5.74) is 2.32. The van der Waals surface area contributed by atoms with Crippen LogP contribution in [0.2, 0.25) is 0 Å². The van der Waals surface area contributed by atoms with E-state index in [0.29, 0.717) is 5.92 Å². The molecule has 0 saturated heterocycles. The summed E-state index contributed by atoms with van der Waals surface area (Å²) in [6.45, 7) is 0. The molecule has 0 radical (unpaired) electrons. The molecule has 1 atom stereocenters. The second kappa shape index (κ2) is 4.97. The number of hydrogen-bond acceptors (Lipinski definition) is 1.